The molecule has 0 aliphatic carbocycles. The lowest BCUT2D eigenvalue weighted by molar-refractivity contribution is -0.144. The molecule has 2 bridgehead atoms. The molecule has 2 heterocycles. The highest BCUT2D eigenvalue weighted by Crippen LogP contribution is 2.31. The Bertz CT molecular complexity index is 824. The Labute approximate surface area is 152 Å². The summed E-state index contributed by atoms with van der Waals surface area (Å²) in [7, 11) is 0. The zero-order valence-corrected chi connectivity index (χ0v) is 14.5. The number of hydrogen-bond donors (Lipinski definition) is 0. The van der Waals surface area contributed by atoms with Crippen molar-refractivity contribution in [1.82, 2.24) is 9.80 Å². The number of halogens is 1. The van der Waals surface area contributed by atoms with Crippen LogP contribution in [0, 0.1) is 11.7 Å². The minimum atomic E-state index is -0.413. The van der Waals surface area contributed by atoms with Crippen LogP contribution < -0.4 is 0 Å². The number of carbonyl (C=O) groups excluding carboxylic acids is 2. The molecule has 0 spiro atoms. The average molecular weight is 352 g/mol. The van der Waals surface area contributed by atoms with E-state index in [9.17, 15) is 14.0 Å². The van der Waals surface area contributed by atoms with Crippen molar-refractivity contribution in [3.8, 4) is 0 Å². The molecule has 4 nitrogen and oxygen atoms in total. The first-order valence-corrected chi connectivity index (χ1v) is 9.01. The van der Waals surface area contributed by atoms with Gasteiger partial charge in [0.25, 0.3) is 5.91 Å². The van der Waals surface area contributed by atoms with Gasteiger partial charge in [0.05, 0.1) is 0 Å². The van der Waals surface area contributed by atoms with Crippen molar-refractivity contribution in [1.29, 1.82) is 0 Å². The molecular weight excluding hydrogens is 331 g/mol. The SMILES string of the molecule is O=C1[C@H]2C[C@H](CCN2C(=O)c2ccccc2)CN1Cc1cccc(F)c1. The average Bonchev–Trinajstić information content (AvgIpc) is 2.66. The van der Waals surface area contributed by atoms with Gasteiger partial charge in [-0.3, -0.25) is 9.59 Å². The summed E-state index contributed by atoms with van der Waals surface area (Å²) < 4.78 is 13.4. The maximum absolute atomic E-state index is 13.4. The first kappa shape index (κ1) is 16.8. The van der Waals surface area contributed by atoms with E-state index in [1.165, 1.54) is 12.1 Å². The van der Waals surface area contributed by atoms with E-state index in [4.69, 9.17) is 0 Å². The lowest BCUT2D eigenvalue weighted by Gasteiger charge is -2.46. The van der Waals surface area contributed by atoms with Crippen molar-refractivity contribution in [2.75, 3.05) is 13.1 Å². The van der Waals surface area contributed by atoms with Crippen LogP contribution in [0.3, 0.4) is 0 Å². The van der Waals surface area contributed by atoms with Crippen LogP contribution in [0.2, 0.25) is 0 Å². The van der Waals surface area contributed by atoms with Crippen LogP contribution in [0.15, 0.2) is 54.6 Å². The second kappa shape index (κ2) is 6.90. The van der Waals surface area contributed by atoms with Crippen molar-refractivity contribution in [3.63, 3.8) is 0 Å². The van der Waals surface area contributed by atoms with Crippen LogP contribution >= 0.6 is 0 Å². The fourth-order valence-electron chi connectivity index (χ4n) is 4.04. The summed E-state index contributed by atoms with van der Waals surface area (Å²) in [6.07, 6.45) is 1.61. The van der Waals surface area contributed by atoms with Gasteiger partial charge in [-0.05, 0) is 48.6 Å². The fourth-order valence-corrected chi connectivity index (χ4v) is 4.04. The number of rotatable bonds is 3. The number of fused-ring (bicyclic) bond motifs is 2. The number of nitrogens with zero attached hydrogens (tertiary/aromatic N) is 2. The lowest BCUT2D eigenvalue weighted by atomic mass is 9.85. The van der Waals surface area contributed by atoms with E-state index >= 15 is 0 Å². The number of likely N-dealkylation sites (tertiary alicyclic amines) is 2. The summed E-state index contributed by atoms with van der Waals surface area (Å²) in [6.45, 7) is 1.68. The molecule has 0 radical (unpaired) electrons. The molecule has 2 aliphatic rings. The van der Waals surface area contributed by atoms with Crippen molar-refractivity contribution in [2.45, 2.75) is 25.4 Å². The first-order chi connectivity index (χ1) is 12.6. The number of benzene rings is 2. The highest BCUT2D eigenvalue weighted by molar-refractivity contribution is 5.98. The standard InChI is InChI=1S/C21H21FN2O2/c22-18-8-4-5-15(11-18)13-23-14-16-9-10-24(19(12-16)21(23)26)20(25)17-6-2-1-3-7-17/h1-8,11,16,19H,9-10,12-14H2/t16-,19+/m0/s1. The summed E-state index contributed by atoms with van der Waals surface area (Å²) in [6, 6.07) is 15.0. The predicted octanol–water partition coefficient (Wildman–Crippen LogP) is 3.09. The molecule has 0 aromatic heterocycles. The molecule has 134 valence electrons. The van der Waals surface area contributed by atoms with Gasteiger partial charge in [-0.2, -0.15) is 0 Å². The van der Waals surface area contributed by atoms with E-state index in [-0.39, 0.29) is 17.6 Å². The Morgan fingerprint density at radius 1 is 1.12 bits per heavy atom. The van der Waals surface area contributed by atoms with Crippen molar-refractivity contribution in [2.24, 2.45) is 5.92 Å². The quantitative estimate of drug-likeness (QED) is 0.852. The van der Waals surface area contributed by atoms with E-state index in [0.717, 1.165) is 18.4 Å². The van der Waals surface area contributed by atoms with Gasteiger partial charge < -0.3 is 9.80 Å². The normalized spacial score (nSPS) is 22.4. The van der Waals surface area contributed by atoms with E-state index in [2.05, 4.69) is 0 Å². The third kappa shape index (κ3) is 3.21. The first-order valence-electron chi connectivity index (χ1n) is 9.01. The number of amides is 2. The lowest BCUT2D eigenvalue weighted by Crippen LogP contribution is -2.59. The van der Waals surface area contributed by atoms with Gasteiger partial charge in [-0.25, -0.2) is 4.39 Å². The van der Waals surface area contributed by atoms with Crippen LogP contribution in [0.5, 0.6) is 0 Å². The summed E-state index contributed by atoms with van der Waals surface area (Å²) in [5.74, 6) is -0.0244. The minimum Gasteiger partial charge on any atom is -0.336 e. The minimum absolute atomic E-state index is 0.0329. The highest BCUT2D eigenvalue weighted by atomic mass is 19.1. The largest absolute Gasteiger partial charge is 0.336 e. The van der Waals surface area contributed by atoms with Gasteiger partial charge >= 0.3 is 0 Å². The second-order valence-corrected chi connectivity index (χ2v) is 7.12. The van der Waals surface area contributed by atoms with Crippen molar-refractivity contribution < 1.29 is 14.0 Å². The van der Waals surface area contributed by atoms with Crippen LogP contribution in [0.4, 0.5) is 4.39 Å². The van der Waals surface area contributed by atoms with Crippen LogP contribution in [0.25, 0.3) is 0 Å². The van der Waals surface area contributed by atoms with Gasteiger partial charge in [0.2, 0.25) is 5.91 Å². The highest BCUT2D eigenvalue weighted by Gasteiger charge is 2.43. The molecule has 0 saturated carbocycles. The number of hydrogen-bond acceptors (Lipinski definition) is 2. The van der Waals surface area contributed by atoms with Gasteiger partial charge in [-0.1, -0.05) is 30.3 Å². The van der Waals surface area contributed by atoms with Crippen molar-refractivity contribution in [3.05, 3.63) is 71.5 Å². The predicted molar refractivity (Wildman–Crippen MR) is 95.8 cm³/mol. The molecule has 2 fully saturated rings. The van der Waals surface area contributed by atoms with Crippen molar-refractivity contribution >= 4 is 11.8 Å². The van der Waals surface area contributed by atoms with Gasteiger partial charge in [0.1, 0.15) is 11.9 Å². The molecule has 26 heavy (non-hydrogen) atoms. The van der Waals surface area contributed by atoms with E-state index in [1.54, 1.807) is 28.0 Å². The molecule has 5 heteroatoms. The Kier molecular flexibility index (Phi) is 4.45. The Balaban J connectivity index is 1.54. The molecule has 2 saturated heterocycles. The van der Waals surface area contributed by atoms with Gasteiger partial charge in [0.15, 0.2) is 0 Å². The second-order valence-electron chi connectivity index (χ2n) is 7.12. The summed E-state index contributed by atoms with van der Waals surface area (Å²) >= 11 is 0. The molecule has 2 aliphatic heterocycles. The molecule has 0 unspecified atom stereocenters. The topological polar surface area (TPSA) is 40.6 Å². The summed E-state index contributed by atoms with van der Waals surface area (Å²) in [5.41, 5.74) is 1.39. The van der Waals surface area contributed by atoms with E-state index < -0.39 is 6.04 Å². The number of carbonyl (C=O) groups is 2. The maximum atomic E-state index is 13.4. The molecule has 4 rings (SSSR count). The molecule has 2 aromatic carbocycles. The smallest absolute Gasteiger partial charge is 0.254 e. The summed E-state index contributed by atoms with van der Waals surface area (Å²) in [5, 5.41) is 0. The Hall–Kier alpha value is -2.69. The van der Waals surface area contributed by atoms with Crippen LogP contribution in [0.1, 0.15) is 28.8 Å². The molecule has 2 amide bonds. The summed E-state index contributed by atoms with van der Waals surface area (Å²) in [4.78, 5) is 29.4. The van der Waals surface area contributed by atoms with E-state index in [1.807, 2.05) is 24.3 Å². The molecule has 0 N–H and O–H groups in total. The Morgan fingerprint density at radius 2 is 1.92 bits per heavy atom. The maximum Gasteiger partial charge on any atom is 0.254 e. The fraction of sp³-hybridized carbons (Fsp3) is 0.333. The monoisotopic (exact) mass is 352 g/mol. The van der Waals surface area contributed by atoms with Crippen LogP contribution in [-0.2, 0) is 11.3 Å². The number of piperidine rings is 2. The third-order valence-electron chi connectivity index (χ3n) is 5.33. The Morgan fingerprint density at radius 3 is 2.69 bits per heavy atom. The molecule has 2 aromatic rings. The molecular formula is C21H21FN2O2. The van der Waals surface area contributed by atoms with Crippen LogP contribution in [-0.4, -0.2) is 40.7 Å². The molecule has 2 atom stereocenters. The van der Waals surface area contributed by atoms with E-state index in [0.29, 0.717) is 31.1 Å². The zero-order chi connectivity index (χ0) is 18.1. The van der Waals surface area contributed by atoms with Gasteiger partial charge in [-0.15, -0.1) is 0 Å². The zero-order valence-electron chi connectivity index (χ0n) is 14.5. The third-order valence-corrected chi connectivity index (χ3v) is 5.33. The van der Waals surface area contributed by atoms with Gasteiger partial charge in [0, 0.05) is 25.2 Å².